The van der Waals surface area contributed by atoms with Crippen molar-refractivity contribution < 1.29 is 16.8 Å². The number of aromatic nitrogens is 2. The molecule has 9 heteroatoms. The van der Waals surface area contributed by atoms with E-state index in [0.717, 1.165) is 0 Å². The summed E-state index contributed by atoms with van der Waals surface area (Å²) >= 11 is 0. The molecule has 0 saturated carbocycles. The average Bonchev–Trinajstić information content (AvgIpc) is 2.14. The van der Waals surface area contributed by atoms with Crippen molar-refractivity contribution in [3.8, 4) is 0 Å². The molecule has 0 unspecified atom stereocenters. The van der Waals surface area contributed by atoms with Gasteiger partial charge >= 0.3 is 0 Å². The zero-order valence-corrected chi connectivity index (χ0v) is 10.1. The third kappa shape index (κ3) is 3.83. The Kier molecular flexibility index (Phi) is 3.61. The Hall–Kier alpha value is -1.06. The van der Waals surface area contributed by atoms with Gasteiger partial charge in [0.2, 0.25) is 10.0 Å². The summed E-state index contributed by atoms with van der Waals surface area (Å²) in [5, 5.41) is 11.4. The first-order valence-corrected chi connectivity index (χ1v) is 7.60. The highest BCUT2D eigenvalue weighted by molar-refractivity contribution is 7.94. The topological polar surface area (TPSA) is 120 Å². The van der Waals surface area contributed by atoms with Crippen molar-refractivity contribution in [2.45, 2.75) is 11.9 Å². The van der Waals surface area contributed by atoms with Gasteiger partial charge in [0.05, 0.1) is 17.7 Å². The van der Waals surface area contributed by atoms with E-state index < -0.39 is 31.4 Å². The van der Waals surface area contributed by atoms with Crippen LogP contribution >= 0.6 is 0 Å². The van der Waals surface area contributed by atoms with Crippen LogP contribution in [0.15, 0.2) is 17.3 Å². The fourth-order valence-corrected chi connectivity index (χ4v) is 3.47. The second-order valence-corrected chi connectivity index (χ2v) is 7.05. The Morgan fingerprint density at radius 1 is 1.25 bits per heavy atom. The van der Waals surface area contributed by atoms with Gasteiger partial charge < -0.3 is 0 Å². The van der Waals surface area contributed by atoms with Crippen LogP contribution in [-0.4, -0.2) is 38.5 Å². The van der Waals surface area contributed by atoms with Gasteiger partial charge in [0.25, 0.3) is 0 Å². The van der Waals surface area contributed by atoms with E-state index in [0.29, 0.717) is 5.56 Å². The third-order valence-corrected chi connectivity index (χ3v) is 4.33. The molecule has 0 aliphatic rings. The fourth-order valence-electron chi connectivity index (χ4n) is 0.920. The van der Waals surface area contributed by atoms with Gasteiger partial charge in [-0.3, -0.25) is 0 Å². The van der Waals surface area contributed by atoms with Gasteiger partial charge in [-0.1, -0.05) is 0 Å². The maximum Gasteiger partial charge on any atom is 0.210 e. The molecule has 0 spiro atoms. The van der Waals surface area contributed by atoms with Crippen LogP contribution in [0.3, 0.4) is 0 Å². The Balaban J connectivity index is 2.95. The van der Waals surface area contributed by atoms with Gasteiger partial charge in [-0.2, -0.15) is 5.10 Å². The zero-order chi connectivity index (χ0) is 12.4. The molecule has 0 amide bonds. The maximum absolute atomic E-state index is 11.6. The average molecular weight is 265 g/mol. The van der Waals surface area contributed by atoms with E-state index in [1.165, 1.54) is 12.3 Å². The second-order valence-electron chi connectivity index (χ2n) is 3.26. The number of hydrogen-bond donors (Lipinski definition) is 1. The molecule has 0 bridgehead atoms. The van der Waals surface area contributed by atoms with Crippen molar-refractivity contribution in [2.75, 3.05) is 11.5 Å². The molecule has 0 atom stereocenters. The van der Waals surface area contributed by atoms with Crippen molar-refractivity contribution in [1.82, 2.24) is 10.2 Å². The molecule has 0 aliphatic heterocycles. The lowest BCUT2D eigenvalue weighted by atomic mass is 10.4. The lowest BCUT2D eigenvalue weighted by molar-refractivity contribution is 0.584. The van der Waals surface area contributed by atoms with E-state index in [-0.39, 0.29) is 5.03 Å². The minimum atomic E-state index is -3.80. The second kappa shape index (κ2) is 4.44. The Labute approximate surface area is 93.7 Å². The first-order chi connectivity index (χ1) is 7.21. The van der Waals surface area contributed by atoms with Gasteiger partial charge in [0, 0.05) is 0 Å². The SMILES string of the molecule is Cc1cnnc(S(=O)(=O)CCS(N)(=O)=O)c1. The van der Waals surface area contributed by atoms with E-state index in [1.54, 1.807) is 6.92 Å². The molecule has 0 saturated heterocycles. The Morgan fingerprint density at radius 3 is 2.38 bits per heavy atom. The smallest absolute Gasteiger partial charge is 0.210 e. The standard InChI is InChI=1S/C7H11N3O4S2/c1-6-4-7(10-9-5-6)15(11,12)2-3-16(8,13)14/h4-5H,2-3H2,1H3,(H2,8,13,14). The number of nitrogens with two attached hydrogens (primary N) is 1. The maximum atomic E-state index is 11.6. The molecular weight excluding hydrogens is 254 g/mol. The van der Waals surface area contributed by atoms with Crippen LogP contribution in [0.1, 0.15) is 5.56 Å². The minimum absolute atomic E-state index is 0.240. The monoisotopic (exact) mass is 265 g/mol. The molecule has 1 aromatic heterocycles. The van der Waals surface area contributed by atoms with Crippen molar-refractivity contribution in [1.29, 1.82) is 0 Å². The first-order valence-electron chi connectivity index (χ1n) is 4.23. The van der Waals surface area contributed by atoms with Gasteiger partial charge in [0.15, 0.2) is 14.9 Å². The molecule has 1 aromatic rings. The van der Waals surface area contributed by atoms with E-state index in [2.05, 4.69) is 10.2 Å². The number of sulfone groups is 1. The summed E-state index contributed by atoms with van der Waals surface area (Å²) in [5.41, 5.74) is 0.629. The summed E-state index contributed by atoms with van der Waals surface area (Å²) in [7, 11) is -7.55. The van der Waals surface area contributed by atoms with E-state index in [4.69, 9.17) is 5.14 Å². The van der Waals surface area contributed by atoms with E-state index in [1.807, 2.05) is 0 Å². The van der Waals surface area contributed by atoms with Gasteiger partial charge in [-0.15, -0.1) is 5.10 Å². The number of aryl methyl sites for hydroxylation is 1. The summed E-state index contributed by atoms with van der Waals surface area (Å²) in [5.74, 6) is -1.23. The predicted octanol–water partition coefficient (Wildman–Crippen LogP) is -1.15. The highest BCUT2D eigenvalue weighted by Crippen LogP contribution is 2.08. The number of primary sulfonamides is 1. The van der Waals surface area contributed by atoms with Crippen LogP contribution < -0.4 is 5.14 Å². The van der Waals surface area contributed by atoms with E-state index >= 15 is 0 Å². The van der Waals surface area contributed by atoms with E-state index in [9.17, 15) is 16.8 Å². The number of nitrogens with zero attached hydrogens (tertiary/aromatic N) is 2. The predicted molar refractivity (Wildman–Crippen MR) is 56.8 cm³/mol. The van der Waals surface area contributed by atoms with Crippen molar-refractivity contribution >= 4 is 19.9 Å². The quantitative estimate of drug-likeness (QED) is 0.733. The molecule has 0 fully saturated rings. The van der Waals surface area contributed by atoms with Crippen LogP contribution in [0.25, 0.3) is 0 Å². The number of rotatable bonds is 4. The van der Waals surface area contributed by atoms with Crippen LogP contribution in [0, 0.1) is 6.92 Å². The first kappa shape index (κ1) is 13.0. The summed E-state index contributed by atoms with van der Waals surface area (Å²) in [6.45, 7) is 1.66. The molecular formula is C7H11N3O4S2. The third-order valence-electron chi connectivity index (χ3n) is 1.72. The van der Waals surface area contributed by atoms with Crippen LogP contribution in [0.5, 0.6) is 0 Å². The van der Waals surface area contributed by atoms with Crippen molar-refractivity contribution in [3.05, 3.63) is 17.8 Å². The van der Waals surface area contributed by atoms with Crippen molar-refractivity contribution in [2.24, 2.45) is 5.14 Å². The lowest BCUT2D eigenvalue weighted by Gasteiger charge is -2.02. The van der Waals surface area contributed by atoms with Crippen molar-refractivity contribution in [3.63, 3.8) is 0 Å². The highest BCUT2D eigenvalue weighted by Gasteiger charge is 2.19. The molecule has 7 nitrogen and oxygen atoms in total. The zero-order valence-electron chi connectivity index (χ0n) is 8.49. The molecule has 2 N–H and O–H groups in total. The lowest BCUT2D eigenvalue weighted by Crippen LogP contribution is -2.23. The van der Waals surface area contributed by atoms with Gasteiger partial charge in [-0.25, -0.2) is 22.0 Å². The summed E-state index contributed by atoms with van der Waals surface area (Å²) in [6, 6.07) is 1.32. The molecule has 90 valence electrons. The molecule has 1 rings (SSSR count). The number of hydrogen-bond acceptors (Lipinski definition) is 6. The van der Waals surface area contributed by atoms with Gasteiger partial charge in [-0.05, 0) is 18.6 Å². The molecule has 0 radical (unpaired) electrons. The number of sulfonamides is 1. The Bertz CT molecular complexity index is 579. The fraction of sp³-hybridized carbons (Fsp3) is 0.429. The minimum Gasteiger partial charge on any atom is -0.229 e. The largest absolute Gasteiger partial charge is 0.229 e. The summed E-state index contributed by atoms with van der Waals surface area (Å²) < 4.78 is 44.5. The van der Waals surface area contributed by atoms with Crippen LogP contribution in [-0.2, 0) is 19.9 Å². The normalized spacial score (nSPS) is 12.6. The van der Waals surface area contributed by atoms with Crippen LogP contribution in [0.4, 0.5) is 0 Å². The Morgan fingerprint density at radius 2 is 1.88 bits per heavy atom. The highest BCUT2D eigenvalue weighted by atomic mass is 32.2. The summed E-state index contributed by atoms with van der Waals surface area (Å²) in [6.07, 6.45) is 1.40. The molecule has 16 heavy (non-hydrogen) atoms. The van der Waals surface area contributed by atoms with Gasteiger partial charge in [0.1, 0.15) is 0 Å². The molecule has 0 aliphatic carbocycles. The van der Waals surface area contributed by atoms with Crippen LogP contribution in [0.2, 0.25) is 0 Å². The summed E-state index contributed by atoms with van der Waals surface area (Å²) in [4.78, 5) is 0. The molecule has 1 heterocycles. The molecule has 0 aromatic carbocycles.